The van der Waals surface area contributed by atoms with Crippen molar-refractivity contribution in [2.24, 2.45) is 0 Å². The summed E-state index contributed by atoms with van der Waals surface area (Å²) >= 11 is 0. The number of rotatable bonds is 3. The summed E-state index contributed by atoms with van der Waals surface area (Å²) in [6.07, 6.45) is 3.52. The molecule has 0 aromatic carbocycles. The zero-order chi connectivity index (χ0) is 11.5. The lowest BCUT2D eigenvalue weighted by Gasteiger charge is -2.27. The molecule has 0 aromatic heterocycles. The molecule has 0 aliphatic carbocycles. The standard InChI is InChI=1S/C12H23N3O/c1-10(12(16)14-6-3-4-7-14)15-8-5-11(9-15)13-2/h10-11,13H,3-9H2,1-2H3. The average Bonchev–Trinajstić information content (AvgIpc) is 2.97. The van der Waals surface area contributed by atoms with Crippen molar-refractivity contribution < 1.29 is 4.79 Å². The fraction of sp³-hybridized carbons (Fsp3) is 0.917. The van der Waals surface area contributed by atoms with Crippen molar-refractivity contribution in [2.75, 3.05) is 33.2 Å². The normalized spacial score (nSPS) is 28.6. The third kappa shape index (κ3) is 2.38. The Morgan fingerprint density at radius 2 is 2.00 bits per heavy atom. The smallest absolute Gasteiger partial charge is 0.239 e. The summed E-state index contributed by atoms with van der Waals surface area (Å²) < 4.78 is 0. The van der Waals surface area contributed by atoms with Gasteiger partial charge >= 0.3 is 0 Å². The Balaban J connectivity index is 1.87. The highest BCUT2D eigenvalue weighted by Gasteiger charge is 2.31. The first kappa shape index (κ1) is 11.9. The molecule has 4 heteroatoms. The van der Waals surface area contributed by atoms with Gasteiger partial charge in [-0.1, -0.05) is 0 Å². The molecule has 0 radical (unpaired) electrons. The molecule has 1 N–H and O–H groups in total. The number of nitrogens with one attached hydrogen (secondary N) is 1. The van der Waals surface area contributed by atoms with Crippen LogP contribution in [-0.4, -0.2) is 61.0 Å². The van der Waals surface area contributed by atoms with Gasteiger partial charge in [-0.3, -0.25) is 9.69 Å². The molecule has 0 bridgehead atoms. The van der Waals surface area contributed by atoms with E-state index in [-0.39, 0.29) is 6.04 Å². The van der Waals surface area contributed by atoms with Crippen LogP contribution < -0.4 is 5.32 Å². The van der Waals surface area contributed by atoms with Crippen molar-refractivity contribution in [3.63, 3.8) is 0 Å². The van der Waals surface area contributed by atoms with E-state index in [9.17, 15) is 4.79 Å². The maximum Gasteiger partial charge on any atom is 0.239 e. The van der Waals surface area contributed by atoms with E-state index in [1.54, 1.807) is 0 Å². The highest BCUT2D eigenvalue weighted by molar-refractivity contribution is 5.81. The van der Waals surface area contributed by atoms with Crippen molar-refractivity contribution in [3.8, 4) is 0 Å². The zero-order valence-electron chi connectivity index (χ0n) is 10.4. The monoisotopic (exact) mass is 225 g/mol. The molecule has 0 saturated carbocycles. The summed E-state index contributed by atoms with van der Waals surface area (Å²) in [5, 5.41) is 3.29. The molecular weight excluding hydrogens is 202 g/mol. The van der Waals surface area contributed by atoms with Crippen molar-refractivity contribution in [3.05, 3.63) is 0 Å². The van der Waals surface area contributed by atoms with Crippen molar-refractivity contribution >= 4 is 5.91 Å². The van der Waals surface area contributed by atoms with Crippen LogP contribution in [0, 0.1) is 0 Å². The van der Waals surface area contributed by atoms with E-state index in [0.29, 0.717) is 11.9 Å². The lowest BCUT2D eigenvalue weighted by Crippen LogP contribution is -2.46. The van der Waals surface area contributed by atoms with Crippen LogP contribution in [0.1, 0.15) is 26.2 Å². The van der Waals surface area contributed by atoms with Gasteiger partial charge in [-0.25, -0.2) is 0 Å². The summed E-state index contributed by atoms with van der Waals surface area (Å²) in [6, 6.07) is 0.630. The number of hydrogen-bond acceptors (Lipinski definition) is 3. The minimum absolute atomic E-state index is 0.0662. The van der Waals surface area contributed by atoms with Gasteiger partial charge in [-0.15, -0.1) is 0 Å². The SMILES string of the molecule is CNC1CCN(C(C)C(=O)N2CCCC2)C1. The predicted octanol–water partition coefficient (Wildman–Crippen LogP) is 0.291. The molecular formula is C12H23N3O. The number of amides is 1. The first-order chi connectivity index (χ1) is 7.72. The molecule has 0 spiro atoms. The quantitative estimate of drug-likeness (QED) is 0.750. The molecule has 2 saturated heterocycles. The van der Waals surface area contributed by atoms with Crippen LogP contribution in [0.5, 0.6) is 0 Å². The van der Waals surface area contributed by atoms with Gasteiger partial charge in [0.15, 0.2) is 0 Å². The van der Waals surface area contributed by atoms with E-state index >= 15 is 0 Å². The van der Waals surface area contributed by atoms with Gasteiger partial charge in [-0.2, -0.15) is 0 Å². The summed E-state index contributed by atoms with van der Waals surface area (Å²) in [5.74, 6) is 0.328. The second-order valence-electron chi connectivity index (χ2n) is 4.98. The van der Waals surface area contributed by atoms with Gasteiger partial charge in [0.05, 0.1) is 6.04 Å². The average molecular weight is 225 g/mol. The largest absolute Gasteiger partial charge is 0.341 e. The van der Waals surface area contributed by atoms with Crippen molar-refractivity contribution in [1.29, 1.82) is 0 Å². The Labute approximate surface area is 98.0 Å². The van der Waals surface area contributed by atoms with E-state index in [1.165, 1.54) is 12.8 Å². The highest BCUT2D eigenvalue weighted by Crippen LogP contribution is 2.16. The Hall–Kier alpha value is -0.610. The molecule has 16 heavy (non-hydrogen) atoms. The predicted molar refractivity (Wildman–Crippen MR) is 64.3 cm³/mol. The van der Waals surface area contributed by atoms with E-state index in [0.717, 1.165) is 32.6 Å². The molecule has 2 heterocycles. The van der Waals surface area contributed by atoms with Crippen LogP contribution in [0.4, 0.5) is 0 Å². The molecule has 2 rings (SSSR count). The van der Waals surface area contributed by atoms with E-state index < -0.39 is 0 Å². The molecule has 2 fully saturated rings. The van der Waals surface area contributed by atoms with Crippen LogP contribution >= 0.6 is 0 Å². The number of nitrogens with zero attached hydrogens (tertiary/aromatic N) is 2. The number of likely N-dealkylation sites (tertiary alicyclic amines) is 2. The third-order valence-electron chi connectivity index (χ3n) is 3.95. The van der Waals surface area contributed by atoms with Crippen LogP contribution in [0.15, 0.2) is 0 Å². The van der Waals surface area contributed by atoms with Gasteiger partial charge in [0.2, 0.25) is 5.91 Å². The molecule has 2 aliphatic heterocycles. The molecule has 2 aliphatic rings. The van der Waals surface area contributed by atoms with Gasteiger partial charge in [0, 0.05) is 32.2 Å². The lowest BCUT2D eigenvalue weighted by atomic mass is 10.2. The van der Waals surface area contributed by atoms with E-state index in [1.807, 2.05) is 11.9 Å². The minimum atomic E-state index is 0.0662. The second-order valence-corrected chi connectivity index (χ2v) is 4.98. The number of likely N-dealkylation sites (N-methyl/N-ethyl adjacent to an activating group) is 1. The second kappa shape index (κ2) is 5.15. The number of carbonyl (C=O) groups is 1. The highest BCUT2D eigenvalue weighted by atomic mass is 16.2. The first-order valence-electron chi connectivity index (χ1n) is 6.42. The lowest BCUT2D eigenvalue weighted by molar-refractivity contribution is -0.134. The maximum atomic E-state index is 12.2. The molecule has 2 unspecified atom stereocenters. The third-order valence-corrected chi connectivity index (χ3v) is 3.95. The Morgan fingerprint density at radius 3 is 2.56 bits per heavy atom. The number of carbonyl (C=O) groups excluding carboxylic acids is 1. The summed E-state index contributed by atoms with van der Waals surface area (Å²) in [6.45, 7) is 6.04. The maximum absolute atomic E-state index is 12.2. The molecule has 1 amide bonds. The van der Waals surface area contributed by atoms with Gasteiger partial charge in [0.25, 0.3) is 0 Å². The Kier molecular flexibility index (Phi) is 3.82. The summed E-state index contributed by atoms with van der Waals surface area (Å²) in [5.41, 5.74) is 0. The summed E-state index contributed by atoms with van der Waals surface area (Å²) in [4.78, 5) is 16.5. The van der Waals surface area contributed by atoms with Gasteiger partial charge in [-0.05, 0) is 33.2 Å². The fourth-order valence-corrected chi connectivity index (χ4v) is 2.73. The Morgan fingerprint density at radius 1 is 1.31 bits per heavy atom. The topological polar surface area (TPSA) is 35.6 Å². The van der Waals surface area contributed by atoms with Crippen molar-refractivity contribution in [2.45, 2.75) is 38.3 Å². The molecule has 92 valence electrons. The molecule has 4 nitrogen and oxygen atoms in total. The fourth-order valence-electron chi connectivity index (χ4n) is 2.73. The van der Waals surface area contributed by atoms with E-state index in [4.69, 9.17) is 0 Å². The number of hydrogen-bond donors (Lipinski definition) is 1. The van der Waals surface area contributed by atoms with Crippen LogP contribution in [0.2, 0.25) is 0 Å². The van der Waals surface area contributed by atoms with Gasteiger partial charge in [0.1, 0.15) is 0 Å². The first-order valence-corrected chi connectivity index (χ1v) is 6.42. The van der Waals surface area contributed by atoms with Crippen molar-refractivity contribution in [1.82, 2.24) is 15.1 Å². The van der Waals surface area contributed by atoms with Gasteiger partial charge < -0.3 is 10.2 Å². The molecule has 2 atom stereocenters. The van der Waals surface area contributed by atoms with Crippen LogP contribution in [0.3, 0.4) is 0 Å². The van der Waals surface area contributed by atoms with Crippen LogP contribution in [-0.2, 0) is 4.79 Å². The van der Waals surface area contributed by atoms with Crippen LogP contribution in [0.25, 0.3) is 0 Å². The zero-order valence-corrected chi connectivity index (χ0v) is 10.4. The summed E-state index contributed by atoms with van der Waals surface area (Å²) in [7, 11) is 2.00. The Bertz CT molecular complexity index is 251. The van der Waals surface area contributed by atoms with E-state index in [2.05, 4.69) is 17.1 Å². The molecule has 0 aromatic rings. The minimum Gasteiger partial charge on any atom is -0.341 e.